The van der Waals surface area contributed by atoms with Crippen LogP contribution >= 0.6 is 0 Å². The maximum atomic E-state index is 2.46. The van der Waals surface area contributed by atoms with Gasteiger partial charge in [-0.1, -0.05) is 76.2 Å². The zero-order valence-corrected chi connectivity index (χ0v) is 12.3. The minimum atomic E-state index is -1.02. The molecule has 0 fully saturated rings. The van der Waals surface area contributed by atoms with Crippen LogP contribution in [-0.2, 0) is 0 Å². The van der Waals surface area contributed by atoms with Gasteiger partial charge in [0, 0.05) is 0 Å². The Hall–Kier alpha value is -0.303. The van der Waals surface area contributed by atoms with E-state index in [1.807, 2.05) is 0 Å². The quantitative estimate of drug-likeness (QED) is 0.311. The SMILES string of the molecule is CCCC/C=C(\C=C\[Si](C)(C)C)CCC. The van der Waals surface area contributed by atoms with Crippen LogP contribution in [0.25, 0.3) is 0 Å². The van der Waals surface area contributed by atoms with Crippen LogP contribution in [0.5, 0.6) is 0 Å². The first-order valence-corrected chi connectivity index (χ1v) is 9.95. The fourth-order valence-electron chi connectivity index (χ4n) is 1.39. The highest BCUT2D eigenvalue weighted by Crippen LogP contribution is 2.12. The van der Waals surface area contributed by atoms with Gasteiger partial charge in [-0.25, -0.2) is 0 Å². The largest absolute Gasteiger partial charge is 0.0947 e. The third kappa shape index (κ3) is 9.99. The molecule has 0 aliphatic rings. The Labute approximate surface area is 97.5 Å². The van der Waals surface area contributed by atoms with E-state index in [4.69, 9.17) is 0 Å². The molecule has 88 valence electrons. The second kappa shape index (κ2) is 7.92. The van der Waals surface area contributed by atoms with Gasteiger partial charge in [0.15, 0.2) is 0 Å². The summed E-state index contributed by atoms with van der Waals surface area (Å²) >= 11 is 0. The van der Waals surface area contributed by atoms with Crippen LogP contribution < -0.4 is 0 Å². The molecule has 0 amide bonds. The summed E-state index contributed by atoms with van der Waals surface area (Å²) in [5, 5.41) is 0. The second-order valence-electron chi connectivity index (χ2n) is 5.37. The molecule has 0 N–H and O–H groups in total. The number of hydrogen-bond acceptors (Lipinski definition) is 0. The van der Waals surface area contributed by atoms with Gasteiger partial charge in [-0.2, -0.15) is 0 Å². The molecule has 0 atom stereocenters. The summed E-state index contributed by atoms with van der Waals surface area (Å²) in [5.41, 5.74) is 4.01. The molecule has 0 saturated carbocycles. The molecular weight excluding hydrogens is 196 g/mol. The Morgan fingerprint density at radius 2 is 1.73 bits per heavy atom. The standard InChI is InChI=1S/C14H28Si/c1-6-8-9-11-14(10-7-2)12-13-15(3,4)5/h11-13H,6-10H2,1-5H3/b13-12+,14-11-. The first-order chi connectivity index (χ1) is 6.99. The molecule has 0 bridgehead atoms. The maximum Gasteiger partial charge on any atom is 0.0687 e. The summed E-state index contributed by atoms with van der Waals surface area (Å²) in [7, 11) is -1.02. The van der Waals surface area contributed by atoms with Crippen molar-refractivity contribution in [3.05, 3.63) is 23.4 Å². The molecular formula is C14H28Si. The fourth-order valence-corrected chi connectivity index (χ4v) is 2.10. The molecule has 15 heavy (non-hydrogen) atoms. The van der Waals surface area contributed by atoms with Gasteiger partial charge in [0.25, 0.3) is 0 Å². The van der Waals surface area contributed by atoms with E-state index >= 15 is 0 Å². The van der Waals surface area contributed by atoms with E-state index in [0.29, 0.717) is 0 Å². The fraction of sp³-hybridized carbons (Fsp3) is 0.714. The Kier molecular flexibility index (Phi) is 7.76. The van der Waals surface area contributed by atoms with E-state index in [1.54, 1.807) is 5.57 Å². The van der Waals surface area contributed by atoms with E-state index in [-0.39, 0.29) is 0 Å². The van der Waals surface area contributed by atoms with Crippen LogP contribution in [0.3, 0.4) is 0 Å². The van der Waals surface area contributed by atoms with E-state index in [9.17, 15) is 0 Å². The van der Waals surface area contributed by atoms with Crippen LogP contribution in [0.2, 0.25) is 19.6 Å². The minimum absolute atomic E-state index is 1.02. The summed E-state index contributed by atoms with van der Waals surface area (Å²) < 4.78 is 0. The molecule has 0 aromatic heterocycles. The highest BCUT2D eigenvalue weighted by Gasteiger charge is 2.06. The average Bonchev–Trinajstić information content (AvgIpc) is 2.13. The van der Waals surface area contributed by atoms with Gasteiger partial charge in [0.2, 0.25) is 0 Å². The monoisotopic (exact) mass is 224 g/mol. The lowest BCUT2D eigenvalue weighted by molar-refractivity contribution is 0.805. The van der Waals surface area contributed by atoms with Crippen LogP contribution in [0, 0.1) is 0 Å². The van der Waals surface area contributed by atoms with E-state index in [1.165, 1.54) is 32.1 Å². The van der Waals surface area contributed by atoms with Crippen LogP contribution in [0.15, 0.2) is 23.4 Å². The molecule has 0 aliphatic carbocycles. The van der Waals surface area contributed by atoms with E-state index in [0.717, 1.165) is 0 Å². The Morgan fingerprint density at radius 3 is 2.20 bits per heavy atom. The molecule has 0 unspecified atom stereocenters. The highest BCUT2D eigenvalue weighted by atomic mass is 28.3. The van der Waals surface area contributed by atoms with Crippen molar-refractivity contribution >= 4 is 8.07 Å². The zero-order valence-electron chi connectivity index (χ0n) is 11.3. The molecule has 0 aromatic rings. The lowest BCUT2D eigenvalue weighted by Crippen LogP contribution is -2.15. The Morgan fingerprint density at radius 1 is 1.07 bits per heavy atom. The van der Waals surface area contributed by atoms with Gasteiger partial charge in [-0.3, -0.25) is 0 Å². The van der Waals surface area contributed by atoms with Crippen LogP contribution in [-0.4, -0.2) is 8.07 Å². The zero-order chi connectivity index (χ0) is 11.7. The normalized spacial score (nSPS) is 13.8. The molecule has 0 radical (unpaired) electrons. The maximum absolute atomic E-state index is 2.46. The minimum Gasteiger partial charge on any atom is -0.0947 e. The van der Waals surface area contributed by atoms with Crippen molar-refractivity contribution in [3.8, 4) is 0 Å². The molecule has 0 spiro atoms. The third-order valence-corrected chi connectivity index (χ3v) is 3.47. The van der Waals surface area contributed by atoms with Crippen molar-refractivity contribution in [3.63, 3.8) is 0 Å². The van der Waals surface area contributed by atoms with E-state index < -0.39 is 8.07 Å². The Balaban J connectivity index is 4.26. The number of allylic oxidation sites excluding steroid dienone is 3. The van der Waals surface area contributed by atoms with Gasteiger partial charge >= 0.3 is 0 Å². The smallest absolute Gasteiger partial charge is 0.0687 e. The molecule has 0 saturated heterocycles. The van der Waals surface area contributed by atoms with Gasteiger partial charge in [-0.05, 0) is 12.8 Å². The van der Waals surface area contributed by atoms with Crippen LogP contribution in [0.1, 0.15) is 46.0 Å². The van der Waals surface area contributed by atoms with Gasteiger partial charge < -0.3 is 0 Å². The first-order valence-electron chi connectivity index (χ1n) is 6.38. The van der Waals surface area contributed by atoms with E-state index in [2.05, 4.69) is 51.3 Å². The first kappa shape index (κ1) is 14.7. The Bertz CT molecular complexity index is 206. The van der Waals surface area contributed by atoms with Gasteiger partial charge in [-0.15, -0.1) is 0 Å². The van der Waals surface area contributed by atoms with Crippen molar-refractivity contribution in [2.45, 2.75) is 65.6 Å². The molecule has 0 nitrogen and oxygen atoms in total. The van der Waals surface area contributed by atoms with Crippen molar-refractivity contribution in [2.24, 2.45) is 0 Å². The second-order valence-corrected chi connectivity index (χ2v) is 10.4. The van der Waals surface area contributed by atoms with Crippen LogP contribution in [0.4, 0.5) is 0 Å². The summed E-state index contributed by atoms with van der Waals surface area (Å²) in [4.78, 5) is 0. The van der Waals surface area contributed by atoms with Crippen molar-refractivity contribution in [2.75, 3.05) is 0 Å². The topological polar surface area (TPSA) is 0 Å². The lowest BCUT2D eigenvalue weighted by Gasteiger charge is -2.09. The molecule has 0 aromatic carbocycles. The van der Waals surface area contributed by atoms with Crippen molar-refractivity contribution < 1.29 is 0 Å². The molecule has 0 aliphatic heterocycles. The van der Waals surface area contributed by atoms with Crippen molar-refractivity contribution in [1.29, 1.82) is 0 Å². The molecule has 1 heteroatoms. The predicted molar refractivity (Wildman–Crippen MR) is 75.0 cm³/mol. The molecule has 0 rings (SSSR count). The summed E-state index contributed by atoms with van der Waals surface area (Å²) in [6.07, 6.45) is 11.2. The summed E-state index contributed by atoms with van der Waals surface area (Å²) in [5.74, 6) is 0. The highest BCUT2D eigenvalue weighted by molar-refractivity contribution is 6.81. The number of hydrogen-bond donors (Lipinski definition) is 0. The number of rotatable bonds is 7. The lowest BCUT2D eigenvalue weighted by atomic mass is 10.1. The third-order valence-electron chi connectivity index (χ3n) is 2.30. The van der Waals surface area contributed by atoms with Crippen molar-refractivity contribution in [1.82, 2.24) is 0 Å². The average molecular weight is 224 g/mol. The number of unbranched alkanes of at least 4 members (excludes halogenated alkanes) is 2. The predicted octanol–water partition coefficient (Wildman–Crippen LogP) is 5.34. The summed E-state index contributed by atoms with van der Waals surface area (Å²) in [6.45, 7) is 11.7. The summed E-state index contributed by atoms with van der Waals surface area (Å²) in [6, 6.07) is 0. The van der Waals surface area contributed by atoms with Gasteiger partial charge in [0.05, 0.1) is 8.07 Å². The van der Waals surface area contributed by atoms with Gasteiger partial charge in [0.1, 0.15) is 0 Å². The molecule has 0 heterocycles.